The molecule has 23 aromatic rings. The van der Waals surface area contributed by atoms with Gasteiger partial charge in [0, 0.05) is 32.3 Å². The van der Waals surface area contributed by atoms with Crippen LogP contribution in [0.4, 0.5) is 17.1 Å². The molecule has 0 atom stereocenters. The van der Waals surface area contributed by atoms with Crippen molar-refractivity contribution in [1.82, 2.24) is 13.7 Å². The van der Waals surface area contributed by atoms with E-state index in [4.69, 9.17) is 0 Å². The molecule has 0 spiro atoms. The average Bonchev–Trinajstić information content (AvgIpc) is 1.57. The molecule has 0 saturated heterocycles. The quantitative estimate of drug-likeness (QED) is 0.0998. The van der Waals surface area contributed by atoms with Crippen LogP contribution in [-0.2, 0) is 0 Å². The summed E-state index contributed by atoms with van der Waals surface area (Å²) in [5, 5.41) is 6.51. The number of amides is 6. The molecule has 0 N–H and O–H groups in total. The maximum absolute atomic E-state index is 14.5. The molecule has 0 fully saturated rings. The molecule has 0 bridgehead atoms. The summed E-state index contributed by atoms with van der Waals surface area (Å²) in [6, 6.07) is 153. The van der Waals surface area contributed by atoms with E-state index in [-0.39, 0.29) is 35.4 Å². The molecule has 3 aliphatic heterocycles. The Hall–Kier alpha value is -18.8. The number of aryl methyl sites for hydroxylation is 5. The Morgan fingerprint density at radius 3 is 0.664 bits per heavy atom. The third kappa shape index (κ3) is 14.9. The van der Waals surface area contributed by atoms with E-state index in [0.717, 1.165) is 138 Å². The van der Waals surface area contributed by atoms with Gasteiger partial charge >= 0.3 is 0 Å². The number of para-hydroxylation sites is 1. The molecule has 26 rings (SSSR count). The smallest absolute Gasteiger partial charge is 0.268 e. The zero-order valence-electron chi connectivity index (χ0n) is 78.9. The normalized spacial score (nSPS) is 12.7. The van der Waals surface area contributed by atoms with Gasteiger partial charge in [-0.3, -0.25) is 28.8 Å². The van der Waals surface area contributed by atoms with Crippen LogP contribution in [0.25, 0.3) is 171 Å². The highest BCUT2D eigenvalue weighted by atomic mass is 16.2. The summed E-state index contributed by atoms with van der Waals surface area (Å²) in [6.07, 6.45) is 0. The predicted octanol–water partition coefficient (Wildman–Crippen LogP) is 31.6. The van der Waals surface area contributed by atoms with Crippen molar-refractivity contribution in [3.8, 4) is 106 Å². The molecule has 0 radical (unpaired) electrons. The Kier molecular flexibility index (Phi) is 21.7. The number of rotatable bonds is 14. The SMILES string of the molecule is Cc1ccccc1-c1ccc2c(c1)c1cc(-c3ccccc3C)ccc1n2-c1cccc2c1C(=O)N(c1ccc(-c3ccccc3)cc1)C2=O.Cc1ccccc1-c1ccc2c(c1)c1ccccc1n2-c1cccc2c1C(=O)N(c1ccc(-c3ccccc3)cc1)C2=O.Cc1ccccc1-c1ccc2c3ccc(-c4ccccc4C)cc3n(-c3cccc4c3C(=O)N(c3ccc(-c5ccccc5)cc3)C4=O)c2c1. The largest absolute Gasteiger partial charge is 0.308 e. The minimum Gasteiger partial charge on any atom is -0.308 e. The number of hydrogen-bond donors (Lipinski definition) is 0. The monoisotopic (exact) mass is 1840 g/mol. The highest BCUT2D eigenvalue weighted by molar-refractivity contribution is 6.38. The second-order valence-electron chi connectivity index (χ2n) is 36.9. The third-order valence-corrected chi connectivity index (χ3v) is 28.6. The van der Waals surface area contributed by atoms with E-state index in [9.17, 15) is 28.8 Å². The molecule has 680 valence electrons. The van der Waals surface area contributed by atoms with Crippen LogP contribution in [0.5, 0.6) is 0 Å². The molecule has 12 heteroatoms. The van der Waals surface area contributed by atoms with Crippen molar-refractivity contribution in [3.05, 3.63) is 516 Å². The summed E-state index contributed by atoms with van der Waals surface area (Å²) < 4.78 is 6.46. The summed E-state index contributed by atoms with van der Waals surface area (Å²) >= 11 is 0. The lowest BCUT2D eigenvalue weighted by Crippen LogP contribution is -2.29. The van der Waals surface area contributed by atoms with Crippen LogP contribution < -0.4 is 14.7 Å². The van der Waals surface area contributed by atoms with Crippen LogP contribution in [0.1, 0.15) is 90.0 Å². The van der Waals surface area contributed by atoms with Gasteiger partial charge in [-0.05, 0) is 279 Å². The number of aromatic nitrogens is 3. The zero-order chi connectivity index (χ0) is 96.9. The number of nitrogens with zero attached hydrogens (tertiary/aromatic N) is 6. The standard InChI is InChI=1S/2C46H32N2O2.C39H26N2O2/c1-29-11-6-8-15-36(29)33-21-25-38-39-26-22-34(37-16-9-7-12-30(37)2)28-43(39)48(42(38)27-33)41-18-10-17-40-44(41)46(50)47(45(40)49)35-23-19-32(20-24-35)31-13-4-3-5-14-31;1-29-11-6-8-15-36(29)33-21-25-41-39(27-33)40-28-34(37-16-9-7-12-30(37)2)22-26-42(40)48(41)43-18-10-17-38-44(43)46(50)47(45(38)49)35-23-19-32(20-24-35)31-13-4-3-5-14-31;1-25-10-5-6-13-30(25)28-20-23-35-33(24-28)31-14-7-8-16-34(31)41(35)36-17-9-15-32-37(36)39(43)40(38(32)42)29-21-18-27(19-22-29)26-11-3-2-4-12-26/h2*3-28H,1-2H3;2-24H,1H3. The molecule has 12 nitrogen and oxygen atoms in total. The molecule has 143 heavy (non-hydrogen) atoms. The molecular formula is C131H90N6O6. The van der Waals surface area contributed by atoms with Crippen LogP contribution in [0.2, 0.25) is 0 Å². The number of fused-ring (bicyclic) bond motifs is 12. The second-order valence-corrected chi connectivity index (χ2v) is 36.9. The molecule has 3 aliphatic rings. The van der Waals surface area contributed by atoms with Gasteiger partial charge in [-0.15, -0.1) is 0 Å². The fourth-order valence-corrected chi connectivity index (χ4v) is 21.5. The van der Waals surface area contributed by atoms with Crippen molar-refractivity contribution < 1.29 is 28.8 Å². The van der Waals surface area contributed by atoms with Gasteiger partial charge in [-0.25, -0.2) is 14.7 Å². The number of anilines is 3. The summed E-state index contributed by atoms with van der Waals surface area (Å²) in [7, 11) is 0. The Bertz CT molecular complexity index is 9000. The van der Waals surface area contributed by atoms with Crippen molar-refractivity contribution in [3.63, 3.8) is 0 Å². The molecule has 6 amide bonds. The Balaban J connectivity index is 0.000000116. The molecule has 3 aromatic heterocycles. The highest BCUT2D eigenvalue weighted by Gasteiger charge is 2.43. The van der Waals surface area contributed by atoms with Gasteiger partial charge in [0.15, 0.2) is 0 Å². The first-order valence-corrected chi connectivity index (χ1v) is 48.1. The summed E-state index contributed by atoms with van der Waals surface area (Å²) in [5.74, 6) is -1.91. The fraction of sp³-hybridized carbons (Fsp3) is 0.0382. The summed E-state index contributed by atoms with van der Waals surface area (Å²) in [5.41, 5.74) is 35.8. The molecular weight excluding hydrogens is 1750 g/mol. The second kappa shape index (κ2) is 35.7. The van der Waals surface area contributed by atoms with Crippen molar-refractivity contribution in [2.24, 2.45) is 0 Å². The van der Waals surface area contributed by atoms with Gasteiger partial charge in [0.2, 0.25) is 0 Å². The lowest BCUT2D eigenvalue weighted by atomic mass is 9.97. The molecule has 0 saturated carbocycles. The third-order valence-electron chi connectivity index (χ3n) is 28.6. The van der Waals surface area contributed by atoms with Gasteiger partial charge in [0.1, 0.15) is 0 Å². The fourth-order valence-electron chi connectivity index (χ4n) is 21.5. The van der Waals surface area contributed by atoms with E-state index in [1.807, 2.05) is 212 Å². The van der Waals surface area contributed by atoms with Crippen LogP contribution in [0.3, 0.4) is 0 Å². The van der Waals surface area contributed by atoms with Gasteiger partial charge < -0.3 is 13.7 Å². The number of hydrogen-bond acceptors (Lipinski definition) is 6. The first kappa shape index (κ1) is 87.0. The molecule has 6 heterocycles. The Labute approximate surface area is 826 Å². The minimum absolute atomic E-state index is 0.308. The van der Waals surface area contributed by atoms with Gasteiger partial charge in [-0.2, -0.15) is 0 Å². The molecule has 0 aliphatic carbocycles. The van der Waals surface area contributed by atoms with Crippen molar-refractivity contribution in [1.29, 1.82) is 0 Å². The van der Waals surface area contributed by atoms with E-state index in [2.05, 4.69) is 273 Å². The van der Waals surface area contributed by atoms with Gasteiger partial charge in [0.25, 0.3) is 35.4 Å². The van der Waals surface area contributed by atoms with E-state index in [0.29, 0.717) is 67.5 Å². The van der Waals surface area contributed by atoms with E-state index in [1.54, 1.807) is 18.2 Å². The Morgan fingerprint density at radius 1 is 0.147 bits per heavy atom. The number of benzene rings is 20. The van der Waals surface area contributed by atoms with Crippen LogP contribution in [0.15, 0.2) is 455 Å². The first-order chi connectivity index (χ1) is 70.0. The van der Waals surface area contributed by atoms with E-state index >= 15 is 0 Å². The molecule has 0 unspecified atom stereocenters. The number of carbonyl (C=O) groups excluding carboxylic acids is 6. The van der Waals surface area contributed by atoms with Crippen LogP contribution in [0, 0.1) is 34.6 Å². The average molecular weight is 1840 g/mol. The number of imide groups is 3. The van der Waals surface area contributed by atoms with Crippen LogP contribution in [-0.4, -0.2) is 49.1 Å². The first-order valence-electron chi connectivity index (χ1n) is 48.1. The Morgan fingerprint density at radius 2 is 0.364 bits per heavy atom. The van der Waals surface area contributed by atoms with Gasteiger partial charge in [-0.1, -0.05) is 328 Å². The zero-order valence-corrected chi connectivity index (χ0v) is 78.9. The van der Waals surface area contributed by atoms with Crippen LogP contribution >= 0.6 is 0 Å². The van der Waals surface area contributed by atoms with Crippen molar-refractivity contribution in [2.75, 3.05) is 14.7 Å². The number of carbonyl (C=O) groups is 6. The lowest BCUT2D eigenvalue weighted by molar-refractivity contribution is 0.0910. The van der Waals surface area contributed by atoms with Crippen molar-refractivity contribution in [2.45, 2.75) is 34.6 Å². The topological polar surface area (TPSA) is 127 Å². The maximum atomic E-state index is 14.5. The lowest BCUT2D eigenvalue weighted by Gasteiger charge is -2.16. The highest BCUT2D eigenvalue weighted by Crippen LogP contribution is 2.47. The van der Waals surface area contributed by atoms with Gasteiger partial charge in [0.05, 0.1) is 101 Å². The maximum Gasteiger partial charge on any atom is 0.268 e. The van der Waals surface area contributed by atoms with E-state index < -0.39 is 0 Å². The minimum atomic E-state index is -0.326. The summed E-state index contributed by atoms with van der Waals surface area (Å²) in [6.45, 7) is 10.6. The predicted molar refractivity (Wildman–Crippen MR) is 582 cm³/mol. The van der Waals surface area contributed by atoms with Crippen molar-refractivity contribution >= 4 is 118 Å². The molecule has 20 aromatic carbocycles. The van der Waals surface area contributed by atoms with E-state index in [1.165, 1.54) is 59.2 Å². The summed E-state index contributed by atoms with van der Waals surface area (Å²) in [4.78, 5) is 88.7.